The van der Waals surface area contributed by atoms with Crippen LogP contribution in [0, 0.1) is 6.92 Å². The summed E-state index contributed by atoms with van der Waals surface area (Å²) in [7, 11) is 0. The van der Waals surface area contributed by atoms with Gasteiger partial charge in [0.2, 0.25) is 6.10 Å². The highest BCUT2D eigenvalue weighted by atomic mass is 16.5. The van der Waals surface area contributed by atoms with Gasteiger partial charge in [0.05, 0.1) is 0 Å². The molecule has 0 radical (unpaired) electrons. The van der Waals surface area contributed by atoms with Crippen molar-refractivity contribution in [2.24, 2.45) is 0 Å². The maximum absolute atomic E-state index is 13.4. The number of amides is 2. The summed E-state index contributed by atoms with van der Waals surface area (Å²) in [6.45, 7) is 1.69. The number of carbonyl (C=O) groups excluding carboxylic acids is 3. The van der Waals surface area contributed by atoms with Crippen LogP contribution in [-0.2, 0) is 14.3 Å². The van der Waals surface area contributed by atoms with Gasteiger partial charge in [0.25, 0.3) is 11.8 Å². The molecule has 0 saturated carbocycles. The molecule has 8 nitrogen and oxygen atoms in total. The first-order valence-corrected chi connectivity index (χ1v) is 10.9. The largest absolute Gasteiger partial charge is 0.445 e. The SMILES string of the molecule is Cc1cc(NC(=O)[C@@H](OC(=O)[C@@H](NC(=O)c2ccccc2)c2ccccc2)c2ccccc2)no1. The van der Waals surface area contributed by atoms with Crippen LogP contribution in [0.4, 0.5) is 5.82 Å². The van der Waals surface area contributed by atoms with Crippen molar-refractivity contribution in [3.8, 4) is 0 Å². The van der Waals surface area contributed by atoms with Gasteiger partial charge in [-0.2, -0.15) is 0 Å². The fourth-order valence-corrected chi connectivity index (χ4v) is 3.43. The monoisotopic (exact) mass is 469 g/mol. The second-order valence-electron chi connectivity index (χ2n) is 7.72. The predicted octanol–water partition coefficient (Wildman–Crippen LogP) is 4.38. The molecule has 1 aromatic heterocycles. The molecular weight excluding hydrogens is 446 g/mol. The van der Waals surface area contributed by atoms with Gasteiger partial charge in [-0.3, -0.25) is 9.59 Å². The van der Waals surface area contributed by atoms with Crippen LogP contribution in [0.3, 0.4) is 0 Å². The topological polar surface area (TPSA) is 111 Å². The van der Waals surface area contributed by atoms with Crippen molar-refractivity contribution in [3.63, 3.8) is 0 Å². The number of hydrogen-bond acceptors (Lipinski definition) is 6. The number of ether oxygens (including phenoxy) is 1. The Kier molecular flexibility index (Phi) is 7.32. The smallest absolute Gasteiger partial charge is 0.334 e. The highest BCUT2D eigenvalue weighted by molar-refractivity contribution is 5.98. The van der Waals surface area contributed by atoms with Crippen molar-refractivity contribution >= 4 is 23.6 Å². The molecule has 0 unspecified atom stereocenters. The van der Waals surface area contributed by atoms with Crippen molar-refractivity contribution in [2.45, 2.75) is 19.1 Å². The lowest BCUT2D eigenvalue weighted by molar-refractivity contribution is -0.156. The number of hydrogen-bond donors (Lipinski definition) is 2. The van der Waals surface area contributed by atoms with Crippen LogP contribution in [0.1, 0.15) is 39.4 Å². The molecule has 8 heteroatoms. The van der Waals surface area contributed by atoms with E-state index in [0.29, 0.717) is 22.5 Å². The number of rotatable bonds is 8. The molecule has 0 aliphatic heterocycles. The number of carbonyl (C=O) groups is 3. The van der Waals surface area contributed by atoms with Crippen molar-refractivity contribution in [2.75, 3.05) is 5.32 Å². The summed E-state index contributed by atoms with van der Waals surface area (Å²) >= 11 is 0. The number of aryl methyl sites for hydroxylation is 1. The van der Waals surface area contributed by atoms with Gasteiger partial charge in [-0.1, -0.05) is 84.0 Å². The number of nitrogens with one attached hydrogen (secondary N) is 2. The van der Waals surface area contributed by atoms with Crippen LogP contribution in [-0.4, -0.2) is 22.9 Å². The molecule has 0 bridgehead atoms. The molecule has 1 heterocycles. The van der Waals surface area contributed by atoms with Crippen molar-refractivity contribution in [1.29, 1.82) is 0 Å². The Bertz CT molecular complexity index is 1290. The van der Waals surface area contributed by atoms with Crippen LogP contribution in [0.2, 0.25) is 0 Å². The zero-order valence-corrected chi connectivity index (χ0v) is 18.9. The third-order valence-electron chi connectivity index (χ3n) is 5.13. The fourth-order valence-electron chi connectivity index (χ4n) is 3.43. The van der Waals surface area contributed by atoms with E-state index >= 15 is 0 Å². The van der Waals surface area contributed by atoms with Crippen molar-refractivity contribution in [3.05, 3.63) is 120 Å². The van der Waals surface area contributed by atoms with Gasteiger partial charge in [0, 0.05) is 17.2 Å². The summed E-state index contributed by atoms with van der Waals surface area (Å²) in [5.41, 5.74) is 1.36. The van der Waals surface area contributed by atoms with Gasteiger partial charge in [0.1, 0.15) is 5.76 Å². The minimum absolute atomic E-state index is 0.196. The summed E-state index contributed by atoms with van der Waals surface area (Å²) in [5.74, 6) is -1.14. The Morgan fingerprint density at radius 3 is 1.97 bits per heavy atom. The van der Waals surface area contributed by atoms with Crippen molar-refractivity contribution < 1.29 is 23.6 Å². The van der Waals surface area contributed by atoms with Crippen LogP contribution in [0.25, 0.3) is 0 Å². The van der Waals surface area contributed by atoms with Crippen LogP contribution < -0.4 is 10.6 Å². The number of aromatic nitrogens is 1. The lowest BCUT2D eigenvalue weighted by Crippen LogP contribution is -2.37. The molecule has 4 rings (SSSR count). The first kappa shape index (κ1) is 23.4. The molecule has 0 aliphatic carbocycles. The van der Waals surface area contributed by atoms with Gasteiger partial charge >= 0.3 is 5.97 Å². The maximum Gasteiger partial charge on any atom is 0.334 e. The Hall–Kier alpha value is -4.72. The molecule has 3 aromatic carbocycles. The third-order valence-corrected chi connectivity index (χ3v) is 5.13. The van der Waals surface area contributed by atoms with E-state index < -0.39 is 29.9 Å². The molecule has 0 aliphatic rings. The standard InChI is InChI=1S/C27H23N3O5/c1-18-17-22(30-35-18)28-26(32)24(20-13-7-3-8-14-20)34-27(33)23(19-11-5-2-6-12-19)29-25(31)21-15-9-4-10-16-21/h2-17,23-24H,1H3,(H,29,31)(H,28,30,32)/t23-,24-/m0/s1. The Balaban J connectivity index is 1.60. The summed E-state index contributed by atoms with van der Waals surface area (Å²) < 4.78 is 10.7. The minimum atomic E-state index is -1.29. The molecule has 2 N–H and O–H groups in total. The van der Waals surface area contributed by atoms with E-state index in [4.69, 9.17) is 9.26 Å². The number of anilines is 1. The Morgan fingerprint density at radius 1 is 0.829 bits per heavy atom. The summed E-state index contributed by atoms with van der Waals surface area (Å²) in [5, 5.41) is 9.09. The van der Waals surface area contributed by atoms with Gasteiger partial charge in [0.15, 0.2) is 11.9 Å². The zero-order valence-electron chi connectivity index (χ0n) is 18.9. The fraction of sp³-hybridized carbons (Fsp3) is 0.111. The van der Waals surface area contributed by atoms with Gasteiger partial charge in [-0.15, -0.1) is 0 Å². The molecule has 0 fully saturated rings. The lowest BCUT2D eigenvalue weighted by atomic mass is 10.1. The van der Waals surface area contributed by atoms with E-state index in [0.717, 1.165) is 0 Å². The van der Waals surface area contributed by atoms with E-state index in [1.165, 1.54) is 0 Å². The second kappa shape index (κ2) is 10.9. The van der Waals surface area contributed by atoms with E-state index in [-0.39, 0.29) is 5.82 Å². The normalized spacial score (nSPS) is 12.3. The first-order valence-electron chi connectivity index (χ1n) is 10.9. The quantitative estimate of drug-likeness (QED) is 0.371. The van der Waals surface area contributed by atoms with E-state index in [2.05, 4.69) is 15.8 Å². The molecule has 0 spiro atoms. The van der Waals surface area contributed by atoms with Gasteiger partial charge in [-0.25, -0.2) is 4.79 Å². The second-order valence-corrected chi connectivity index (χ2v) is 7.72. The lowest BCUT2D eigenvalue weighted by Gasteiger charge is -2.22. The average molecular weight is 469 g/mol. The highest BCUT2D eigenvalue weighted by Crippen LogP contribution is 2.24. The number of nitrogens with zero attached hydrogens (tertiary/aromatic N) is 1. The number of benzene rings is 3. The zero-order chi connectivity index (χ0) is 24.6. The van der Waals surface area contributed by atoms with E-state index in [9.17, 15) is 14.4 Å². The summed E-state index contributed by atoms with van der Waals surface area (Å²) in [6.07, 6.45) is -1.29. The predicted molar refractivity (Wildman–Crippen MR) is 128 cm³/mol. The third kappa shape index (κ3) is 6.00. The summed E-state index contributed by atoms with van der Waals surface area (Å²) in [4.78, 5) is 39.4. The first-order chi connectivity index (χ1) is 17.0. The number of esters is 1. The van der Waals surface area contributed by atoms with Crippen LogP contribution >= 0.6 is 0 Å². The minimum Gasteiger partial charge on any atom is -0.445 e. The molecule has 2 amide bonds. The Morgan fingerprint density at radius 2 is 1.40 bits per heavy atom. The maximum atomic E-state index is 13.4. The molecule has 35 heavy (non-hydrogen) atoms. The molecular formula is C27H23N3O5. The summed E-state index contributed by atoms with van der Waals surface area (Å²) in [6, 6.07) is 26.2. The van der Waals surface area contributed by atoms with Crippen molar-refractivity contribution in [1.82, 2.24) is 10.5 Å². The molecule has 176 valence electrons. The van der Waals surface area contributed by atoms with Crippen LogP contribution in [0.5, 0.6) is 0 Å². The van der Waals surface area contributed by atoms with E-state index in [1.807, 2.05) is 0 Å². The van der Waals surface area contributed by atoms with E-state index in [1.54, 1.807) is 104 Å². The highest BCUT2D eigenvalue weighted by Gasteiger charge is 2.31. The van der Waals surface area contributed by atoms with Gasteiger partial charge in [-0.05, 0) is 24.6 Å². The molecule has 0 saturated heterocycles. The Labute approximate surface area is 201 Å². The molecule has 4 aromatic rings. The van der Waals surface area contributed by atoms with Gasteiger partial charge < -0.3 is 19.9 Å². The average Bonchev–Trinajstić information content (AvgIpc) is 3.31. The molecule has 2 atom stereocenters. The van der Waals surface area contributed by atoms with Crippen LogP contribution in [0.15, 0.2) is 102 Å².